The summed E-state index contributed by atoms with van der Waals surface area (Å²) >= 11 is 0. The first-order valence-electron chi connectivity index (χ1n) is 9.17. The number of hydrogen-bond donors (Lipinski definition) is 0. The van der Waals surface area contributed by atoms with E-state index in [-0.39, 0.29) is 5.91 Å². The molecule has 0 spiro atoms. The van der Waals surface area contributed by atoms with Crippen LogP contribution in [-0.2, 0) is 9.53 Å². The van der Waals surface area contributed by atoms with E-state index in [0.29, 0.717) is 48.9 Å². The summed E-state index contributed by atoms with van der Waals surface area (Å²) in [5.74, 6) is 0.376. The maximum atomic E-state index is 12.9. The molecule has 0 aliphatic carbocycles. The first-order valence-corrected chi connectivity index (χ1v) is 9.17. The third-order valence-corrected chi connectivity index (χ3v) is 4.75. The van der Waals surface area contributed by atoms with E-state index in [1.54, 1.807) is 35.2 Å². The molecule has 0 bridgehead atoms. The maximum absolute atomic E-state index is 12.9. The van der Waals surface area contributed by atoms with Gasteiger partial charge in [0.1, 0.15) is 13.2 Å². The van der Waals surface area contributed by atoms with Gasteiger partial charge in [-0.3, -0.25) is 4.79 Å². The van der Waals surface area contributed by atoms with E-state index in [0.717, 1.165) is 12.8 Å². The van der Waals surface area contributed by atoms with E-state index in [2.05, 4.69) is 0 Å². The zero-order valence-electron chi connectivity index (χ0n) is 14.9. The Bertz CT molecular complexity index is 830. The number of nitrogens with zero attached hydrogens (tertiary/aromatic N) is 1. The van der Waals surface area contributed by atoms with Crippen molar-refractivity contribution in [3.63, 3.8) is 0 Å². The first kappa shape index (κ1) is 17.4. The van der Waals surface area contributed by atoms with Crippen LogP contribution in [0.15, 0.2) is 48.5 Å². The Morgan fingerprint density at radius 2 is 1.63 bits per heavy atom. The smallest absolute Gasteiger partial charge is 0.339 e. The van der Waals surface area contributed by atoms with E-state index in [1.807, 2.05) is 18.2 Å². The van der Waals surface area contributed by atoms with Gasteiger partial charge in [-0.05, 0) is 31.0 Å². The van der Waals surface area contributed by atoms with Gasteiger partial charge in [-0.15, -0.1) is 0 Å². The van der Waals surface area contributed by atoms with Gasteiger partial charge in [0, 0.05) is 18.7 Å². The number of amides is 1. The molecular weight excluding hydrogens is 346 g/mol. The van der Waals surface area contributed by atoms with Gasteiger partial charge in [-0.1, -0.05) is 30.3 Å². The first-order chi connectivity index (χ1) is 13.2. The van der Waals surface area contributed by atoms with Crippen molar-refractivity contribution in [2.45, 2.75) is 18.9 Å². The summed E-state index contributed by atoms with van der Waals surface area (Å²) in [6.45, 7) is 2.32. The zero-order chi connectivity index (χ0) is 18.6. The minimum absolute atomic E-state index is 0.176. The van der Waals surface area contributed by atoms with Crippen molar-refractivity contribution >= 4 is 11.9 Å². The second-order valence-corrected chi connectivity index (χ2v) is 6.59. The van der Waals surface area contributed by atoms with Crippen LogP contribution in [0, 0.1) is 0 Å². The third-order valence-electron chi connectivity index (χ3n) is 4.75. The predicted molar refractivity (Wildman–Crippen MR) is 97.8 cm³/mol. The number of hydrogen-bond acceptors (Lipinski definition) is 5. The fraction of sp³-hybridized carbons (Fsp3) is 0.333. The summed E-state index contributed by atoms with van der Waals surface area (Å²) in [5, 5.41) is 0. The Labute approximate surface area is 157 Å². The predicted octanol–water partition coefficient (Wildman–Crippen LogP) is 2.98. The molecule has 2 aliphatic rings. The molecule has 27 heavy (non-hydrogen) atoms. The van der Waals surface area contributed by atoms with E-state index >= 15 is 0 Å². The summed E-state index contributed by atoms with van der Waals surface area (Å²) in [5.41, 5.74) is 0.995. The van der Waals surface area contributed by atoms with Crippen molar-refractivity contribution in [2.24, 2.45) is 0 Å². The lowest BCUT2D eigenvalue weighted by Gasteiger charge is -2.24. The van der Waals surface area contributed by atoms with E-state index in [1.165, 1.54) is 0 Å². The molecule has 2 aliphatic heterocycles. The number of likely N-dealkylation sites (tertiary alicyclic amines) is 1. The fourth-order valence-corrected chi connectivity index (χ4v) is 3.34. The second kappa shape index (κ2) is 7.70. The van der Waals surface area contributed by atoms with Crippen molar-refractivity contribution < 1.29 is 23.8 Å². The van der Waals surface area contributed by atoms with E-state index in [9.17, 15) is 9.59 Å². The molecule has 0 aromatic heterocycles. The van der Waals surface area contributed by atoms with E-state index < -0.39 is 12.1 Å². The number of rotatable bonds is 4. The van der Waals surface area contributed by atoms with Crippen LogP contribution in [0.5, 0.6) is 11.5 Å². The third kappa shape index (κ3) is 3.74. The highest BCUT2D eigenvalue weighted by Crippen LogP contribution is 2.32. The SMILES string of the molecule is O=C(O[C@@H](C(=O)N1CCCC1)c1ccccc1)c1ccc2c(c1)OCCO2. The van der Waals surface area contributed by atoms with Crippen LogP contribution in [0.25, 0.3) is 0 Å². The lowest BCUT2D eigenvalue weighted by molar-refractivity contribution is -0.140. The number of benzene rings is 2. The fourth-order valence-electron chi connectivity index (χ4n) is 3.34. The molecule has 140 valence electrons. The molecule has 1 fully saturated rings. The van der Waals surface area contributed by atoms with Crippen molar-refractivity contribution in [1.29, 1.82) is 0 Å². The topological polar surface area (TPSA) is 65.1 Å². The molecule has 0 N–H and O–H groups in total. The molecule has 1 saturated heterocycles. The molecule has 2 aromatic rings. The van der Waals surface area contributed by atoms with Gasteiger partial charge in [-0.25, -0.2) is 4.79 Å². The van der Waals surface area contributed by atoms with Gasteiger partial charge < -0.3 is 19.1 Å². The molecule has 0 unspecified atom stereocenters. The Morgan fingerprint density at radius 1 is 0.926 bits per heavy atom. The Balaban J connectivity index is 1.57. The summed E-state index contributed by atoms with van der Waals surface area (Å²) in [7, 11) is 0. The Hall–Kier alpha value is -3.02. The molecule has 1 amide bonds. The summed E-state index contributed by atoms with van der Waals surface area (Å²) < 4.78 is 16.7. The van der Waals surface area contributed by atoms with Gasteiger partial charge in [-0.2, -0.15) is 0 Å². The van der Waals surface area contributed by atoms with Crippen LogP contribution in [0.2, 0.25) is 0 Å². The maximum Gasteiger partial charge on any atom is 0.339 e. The molecule has 6 nitrogen and oxygen atoms in total. The van der Waals surface area contributed by atoms with Gasteiger partial charge in [0.15, 0.2) is 11.5 Å². The van der Waals surface area contributed by atoms with Crippen LogP contribution in [0.1, 0.15) is 34.9 Å². The summed E-state index contributed by atoms with van der Waals surface area (Å²) in [6.07, 6.45) is 0.997. The van der Waals surface area contributed by atoms with Gasteiger partial charge in [0.2, 0.25) is 6.10 Å². The highest BCUT2D eigenvalue weighted by Gasteiger charge is 2.31. The van der Waals surface area contributed by atoms with Crippen LogP contribution >= 0.6 is 0 Å². The Kier molecular flexibility index (Phi) is 4.96. The van der Waals surface area contributed by atoms with Gasteiger partial charge in [0.25, 0.3) is 5.91 Å². The molecule has 1 atom stereocenters. The molecule has 2 aromatic carbocycles. The van der Waals surface area contributed by atoms with Crippen molar-refractivity contribution in [2.75, 3.05) is 26.3 Å². The number of fused-ring (bicyclic) bond motifs is 1. The largest absolute Gasteiger partial charge is 0.486 e. The van der Waals surface area contributed by atoms with Crippen LogP contribution in [-0.4, -0.2) is 43.1 Å². The van der Waals surface area contributed by atoms with E-state index in [4.69, 9.17) is 14.2 Å². The number of ether oxygens (including phenoxy) is 3. The van der Waals surface area contributed by atoms with Crippen molar-refractivity contribution in [1.82, 2.24) is 4.90 Å². The average molecular weight is 367 g/mol. The number of esters is 1. The van der Waals surface area contributed by atoms with Gasteiger partial charge in [0.05, 0.1) is 5.56 Å². The Morgan fingerprint density at radius 3 is 2.37 bits per heavy atom. The van der Waals surface area contributed by atoms with Crippen LogP contribution in [0.4, 0.5) is 0 Å². The average Bonchev–Trinajstić information content (AvgIpc) is 3.26. The zero-order valence-corrected chi connectivity index (χ0v) is 14.9. The second-order valence-electron chi connectivity index (χ2n) is 6.59. The quantitative estimate of drug-likeness (QED) is 0.778. The minimum Gasteiger partial charge on any atom is -0.486 e. The lowest BCUT2D eigenvalue weighted by atomic mass is 10.1. The van der Waals surface area contributed by atoms with Crippen molar-refractivity contribution in [3.8, 4) is 11.5 Å². The lowest BCUT2D eigenvalue weighted by Crippen LogP contribution is -2.34. The monoisotopic (exact) mass is 367 g/mol. The van der Waals surface area contributed by atoms with Crippen LogP contribution in [0.3, 0.4) is 0 Å². The molecule has 6 heteroatoms. The molecular formula is C21H21NO5. The minimum atomic E-state index is -0.954. The summed E-state index contributed by atoms with van der Waals surface area (Å²) in [6, 6.07) is 14.0. The standard InChI is InChI=1S/C21H21NO5/c23-20(22-10-4-5-11-22)19(15-6-2-1-3-7-15)27-21(24)16-8-9-17-18(14-16)26-13-12-25-17/h1-3,6-9,14,19H,4-5,10-13H2/t19-/m1/s1. The highest BCUT2D eigenvalue weighted by molar-refractivity contribution is 5.93. The highest BCUT2D eigenvalue weighted by atomic mass is 16.6. The molecule has 0 saturated carbocycles. The number of carbonyl (C=O) groups excluding carboxylic acids is 2. The van der Waals surface area contributed by atoms with Gasteiger partial charge >= 0.3 is 5.97 Å². The summed E-state index contributed by atoms with van der Waals surface area (Å²) in [4.78, 5) is 27.5. The molecule has 4 rings (SSSR count). The normalized spacial score (nSPS) is 16.7. The van der Waals surface area contributed by atoms with Crippen molar-refractivity contribution in [3.05, 3.63) is 59.7 Å². The molecule has 2 heterocycles. The van der Waals surface area contributed by atoms with Crippen LogP contribution < -0.4 is 9.47 Å². The number of carbonyl (C=O) groups is 2. The molecule has 0 radical (unpaired) electrons.